The number of aromatic nitrogens is 1. The average molecular weight is 382 g/mol. The lowest BCUT2D eigenvalue weighted by atomic mass is 10.1. The summed E-state index contributed by atoms with van der Waals surface area (Å²) in [5.74, 6) is -0.783. The fraction of sp³-hybridized carbons (Fsp3) is 0.333. The molecule has 1 fully saturated rings. The molecule has 9 heteroatoms. The number of ether oxygens (including phenoxy) is 2. The summed E-state index contributed by atoms with van der Waals surface area (Å²) in [4.78, 5) is 26.2. The van der Waals surface area contributed by atoms with Crippen LogP contribution >= 0.6 is 0 Å². The molecule has 2 heterocycles. The lowest BCUT2D eigenvalue weighted by Gasteiger charge is -2.16. The standard InChI is InChI=1S/C18H17F3N2O4/c19-18(20,21)12-1-2-14(15(7-12)27-10-11-4-6-26-9-11)17(25)23-13-3-5-22-16(24)8-13/h1-3,5,7-8,11H,4,6,9-10H2,(H2,22,23,24,25). The van der Waals surface area contributed by atoms with Gasteiger partial charge in [0.15, 0.2) is 0 Å². The van der Waals surface area contributed by atoms with Crippen molar-refractivity contribution < 1.29 is 27.4 Å². The molecule has 0 aliphatic carbocycles. The van der Waals surface area contributed by atoms with Crippen LogP contribution in [0.3, 0.4) is 0 Å². The predicted molar refractivity (Wildman–Crippen MR) is 90.9 cm³/mol. The molecular formula is C18H17F3N2O4. The molecule has 2 N–H and O–H groups in total. The van der Waals surface area contributed by atoms with E-state index < -0.39 is 23.2 Å². The molecule has 1 aliphatic rings. The second-order valence-corrected chi connectivity index (χ2v) is 6.15. The highest BCUT2D eigenvalue weighted by Crippen LogP contribution is 2.33. The molecule has 2 aromatic rings. The average Bonchev–Trinajstić information content (AvgIpc) is 3.12. The van der Waals surface area contributed by atoms with Gasteiger partial charge < -0.3 is 19.8 Å². The molecule has 1 atom stereocenters. The quantitative estimate of drug-likeness (QED) is 0.833. The van der Waals surface area contributed by atoms with Gasteiger partial charge in [-0.25, -0.2) is 0 Å². The number of hydrogen-bond donors (Lipinski definition) is 2. The Hall–Kier alpha value is -2.81. The fourth-order valence-corrected chi connectivity index (χ4v) is 2.65. The zero-order chi connectivity index (χ0) is 19.4. The van der Waals surface area contributed by atoms with E-state index in [2.05, 4.69) is 10.3 Å². The molecule has 27 heavy (non-hydrogen) atoms. The summed E-state index contributed by atoms with van der Waals surface area (Å²) >= 11 is 0. The van der Waals surface area contributed by atoms with Gasteiger partial charge in [0.1, 0.15) is 5.75 Å². The molecule has 1 aliphatic heterocycles. The number of carbonyl (C=O) groups excluding carboxylic acids is 1. The molecule has 1 amide bonds. The molecule has 1 saturated heterocycles. The minimum absolute atomic E-state index is 0.0535. The third-order valence-corrected chi connectivity index (χ3v) is 4.09. The SMILES string of the molecule is O=C(Nc1cc[nH]c(=O)c1)c1ccc(C(F)(F)F)cc1OCC1CCOC1. The first-order chi connectivity index (χ1) is 12.8. The highest BCUT2D eigenvalue weighted by molar-refractivity contribution is 6.06. The molecule has 1 aromatic carbocycles. The highest BCUT2D eigenvalue weighted by atomic mass is 19.4. The van der Waals surface area contributed by atoms with Crippen molar-refractivity contribution in [3.63, 3.8) is 0 Å². The molecule has 3 rings (SSSR count). The normalized spacial score (nSPS) is 16.9. The van der Waals surface area contributed by atoms with Gasteiger partial charge in [-0.05, 0) is 30.7 Å². The third-order valence-electron chi connectivity index (χ3n) is 4.09. The number of halogens is 3. The number of H-pyrrole nitrogens is 1. The lowest BCUT2D eigenvalue weighted by molar-refractivity contribution is -0.137. The van der Waals surface area contributed by atoms with Crippen LogP contribution in [0.15, 0.2) is 41.3 Å². The molecule has 0 spiro atoms. The first-order valence-corrected chi connectivity index (χ1v) is 8.25. The second-order valence-electron chi connectivity index (χ2n) is 6.15. The largest absolute Gasteiger partial charge is 0.492 e. The van der Waals surface area contributed by atoms with Crippen molar-refractivity contribution in [2.75, 3.05) is 25.1 Å². The van der Waals surface area contributed by atoms with Gasteiger partial charge >= 0.3 is 6.18 Å². The second kappa shape index (κ2) is 7.83. The Morgan fingerprint density at radius 1 is 1.30 bits per heavy atom. The van der Waals surface area contributed by atoms with Crippen molar-refractivity contribution in [3.8, 4) is 5.75 Å². The maximum atomic E-state index is 13.0. The van der Waals surface area contributed by atoms with E-state index in [1.54, 1.807) is 0 Å². The van der Waals surface area contributed by atoms with Gasteiger partial charge in [0.05, 0.1) is 24.3 Å². The molecule has 0 saturated carbocycles. The van der Waals surface area contributed by atoms with Crippen LogP contribution in [0, 0.1) is 5.92 Å². The fourth-order valence-electron chi connectivity index (χ4n) is 2.65. The molecule has 1 unspecified atom stereocenters. The van der Waals surface area contributed by atoms with E-state index in [0.29, 0.717) is 13.2 Å². The summed E-state index contributed by atoms with van der Waals surface area (Å²) < 4.78 is 49.8. The van der Waals surface area contributed by atoms with Gasteiger partial charge in [-0.15, -0.1) is 0 Å². The molecule has 144 valence electrons. The Morgan fingerprint density at radius 3 is 2.78 bits per heavy atom. The number of alkyl halides is 3. The Bertz CT molecular complexity index is 873. The zero-order valence-electron chi connectivity index (χ0n) is 14.1. The van der Waals surface area contributed by atoms with Crippen molar-refractivity contribution in [1.82, 2.24) is 4.98 Å². The van der Waals surface area contributed by atoms with Gasteiger partial charge in [-0.2, -0.15) is 13.2 Å². The zero-order valence-corrected chi connectivity index (χ0v) is 14.1. The highest BCUT2D eigenvalue weighted by Gasteiger charge is 2.32. The maximum Gasteiger partial charge on any atom is 0.416 e. The summed E-state index contributed by atoms with van der Waals surface area (Å²) in [6.45, 7) is 1.19. The van der Waals surface area contributed by atoms with E-state index in [9.17, 15) is 22.8 Å². The van der Waals surface area contributed by atoms with Gasteiger partial charge in [-0.3, -0.25) is 9.59 Å². The summed E-state index contributed by atoms with van der Waals surface area (Å²) in [6.07, 6.45) is -2.47. The third kappa shape index (κ3) is 4.88. The summed E-state index contributed by atoms with van der Waals surface area (Å²) in [5.41, 5.74) is -1.16. The first kappa shape index (κ1) is 19.0. The number of benzene rings is 1. The Labute approximate surface area is 152 Å². The van der Waals surface area contributed by atoms with Crippen LogP contribution in [-0.4, -0.2) is 30.7 Å². The van der Waals surface area contributed by atoms with Crippen LogP contribution in [0.25, 0.3) is 0 Å². The number of nitrogens with one attached hydrogen (secondary N) is 2. The Kier molecular flexibility index (Phi) is 5.50. The number of pyridine rings is 1. The van der Waals surface area contributed by atoms with Crippen molar-refractivity contribution in [2.24, 2.45) is 5.92 Å². The van der Waals surface area contributed by atoms with E-state index in [-0.39, 0.29) is 29.5 Å². The van der Waals surface area contributed by atoms with Crippen molar-refractivity contribution >= 4 is 11.6 Å². The minimum Gasteiger partial charge on any atom is -0.492 e. The lowest BCUT2D eigenvalue weighted by Crippen LogP contribution is -2.18. The van der Waals surface area contributed by atoms with Gasteiger partial charge in [0.2, 0.25) is 5.56 Å². The van der Waals surface area contributed by atoms with Crippen LogP contribution in [0.5, 0.6) is 5.75 Å². The van der Waals surface area contributed by atoms with Crippen LogP contribution in [-0.2, 0) is 10.9 Å². The molecule has 0 radical (unpaired) electrons. The maximum absolute atomic E-state index is 13.0. The van der Waals surface area contributed by atoms with Gasteiger partial charge in [-0.1, -0.05) is 0 Å². The number of anilines is 1. The summed E-state index contributed by atoms with van der Waals surface area (Å²) in [6, 6.07) is 5.31. The minimum atomic E-state index is -4.56. The number of rotatable bonds is 5. The Balaban J connectivity index is 1.84. The van der Waals surface area contributed by atoms with Crippen molar-refractivity contribution in [1.29, 1.82) is 0 Å². The molecule has 6 nitrogen and oxygen atoms in total. The summed E-state index contributed by atoms with van der Waals surface area (Å²) in [7, 11) is 0. The predicted octanol–water partition coefficient (Wildman–Crippen LogP) is 3.06. The van der Waals surface area contributed by atoms with E-state index in [0.717, 1.165) is 24.6 Å². The van der Waals surface area contributed by atoms with Gasteiger partial charge in [0.25, 0.3) is 5.91 Å². The van der Waals surface area contributed by atoms with E-state index in [4.69, 9.17) is 9.47 Å². The molecule has 0 bridgehead atoms. The molecule has 1 aromatic heterocycles. The van der Waals surface area contributed by atoms with Crippen molar-refractivity contribution in [3.05, 3.63) is 58.0 Å². The van der Waals surface area contributed by atoms with E-state index >= 15 is 0 Å². The number of amides is 1. The number of aromatic amines is 1. The number of carbonyl (C=O) groups is 1. The number of hydrogen-bond acceptors (Lipinski definition) is 4. The topological polar surface area (TPSA) is 80.4 Å². The molecular weight excluding hydrogens is 365 g/mol. The van der Waals surface area contributed by atoms with Crippen LogP contribution in [0.4, 0.5) is 18.9 Å². The van der Waals surface area contributed by atoms with Crippen molar-refractivity contribution in [2.45, 2.75) is 12.6 Å². The monoisotopic (exact) mass is 382 g/mol. The summed E-state index contributed by atoms with van der Waals surface area (Å²) in [5, 5.41) is 2.48. The van der Waals surface area contributed by atoms with E-state index in [1.165, 1.54) is 18.3 Å². The van der Waals surface area contributed by atoms with Crippen LogP contribution in [0.2, 0.25) is 0 Å². The van der Waals surface area contributed by atoms with Gasteiger partial charge in [0, 0.05) is 30.5 Å². The first-order valence-electron chi connectivity index (χ1n) is 8.25. The van der Waals surface area contributed by atoms with Crippen LogP contribution < -0.4 is 15.6 Å². The smallest absolute Gasteiger partial charge is 0.416 e. The van der Waals surface area contributed by atoms with Crippen LogP contribution in [0.1, 0.15) is 22.3 Å². The Morgan fingerprint density at radius 2 is 2.11 bits per heavy atom. The van der Waals surface area contributed by atoms with E-state index in [1.807, 2.05) is 0 Å².